The molecule has 0 aromatic heterocycles. The van der Waals surface area contributed by atoms with Gasteiger partial charge in [-0.25, -0.2) is 0 Å². The number of rotatable bonds is 2. The minimum atomic E-state index is -1.76. The highest BCUT2D eigenvalue weighted by molar-refractivity contribution is 7.07. The molecule has 4 aliphatic rings. The van der Waals surface area contributed by atoms with Crippen molar-refractivity contribution in [2.45, 2.75) is 49.9 Å². The zero-order valence-electron chi connectivity index (χ0n) is 25.2. The van der Waals surface area contributed by atoms with E-state index < -0.39 is 16.1 Å². The molecule has 2 fully saturated rings. The Kier molecular flexibility index (Phi) is 5.34. The summed E-state index contributed by atoms with van der Waals surface area (Å²) in [5.41, 5.74) is 11.7. The van der Waals surface area contributed by atoms with Crippen LogP contribution in [0.15, 0.2) is 121 Å². The molecule has 4 heterocycles. The maximum absolute atomic E-state index is 2.62. The van der Waals surface area contributed by atoms with Crippen LogP contribution in [-0.4, -0.2) is 16.1 Å². The van der Waals surface area contributed by atoms with Crippen LogP contribution in [0, 0.1) is 0 Å². The highest BCUT2D eigenvalue weighted by Crippen LogP contribution is 2.47. The molecule has 212 valence electrons. The summed E-state index contributed by atoms with van der Waals surface area (Å²) in [6, 6.07) is 53.1. The summed E-state index contributed by atoms with van der Waals surface area (Å²) in [7, 11) is -3.52. The van der Waals surface area contributed by atoms with E-state index in [0.29, 0.717) is 0 Å². The van der Waals surface area contributed by atoms with Crippen LogP contribution in [0.4, 0.5) is 0 Å². The van der Waals surface area contributed by atoms with Gasteiger partial charge in [-0.15, -0.1) is 0 Å². The third-order valence-corrected chi connectivity index (χ3v) is 22.6. The molecule has 0 N–H and O–H groups in total. The molecule has 0 amide bonds. The average Bonchev–Trinajstić information content (AvgIpc) is 3.89. The van der Waals surface area contributed by atoms with Crippen LogP contribution in [0.5, 0.6) is 0 Å². The molecule has 6 aromatic rings. The van der Waals surface area contributed by atoms with Gasteiger partial charge in [0.25, 0.3) is 0 Å². The van der Waals surface area contributed by atoms with E-state index in [1.165, 1.54) is 82.9 Å². The predicted molar refractivity (Wildman–Crippen MR) is 193 cm³/mol. The lowest BCUT2D eigenvalue weighted by Crippen LogP contribution is -2.53. The maximum Gasteiger partial charge on any atom is 0.119 e. The zero-order valence-corrected chi connectivity index (χ0v) is 27.2. The van der Waals surface area contributed by atoms with Crippen LogP contribution in [0.1, 0.15) is 25.7 Å². The Morgan fingerprint density at radius 3 is 1.16 bits per heavy atom. The summed E-state index contributed by atoms with van der Waals surface area (Å²) in [4.78, 5) is 0. The lowest BCUT2D eigenvalue weighted by atomic mass is 9.91. The minimum Gasteiger partial charge on any atom is -0.0622 e. The van der Waals surface area contributed by atoms with Crippen molar-refractivity contribution in [3.63, 3.8) is 0 Å². The number of hydrogen-bond acceptors (Lipinski definition) is 0. The molecule has 2 saturated heterocycles. The molecule has 2 spiro atoms. The van der Waals surface area contributed by atoms with Crippen LogP contribution < -0.4 is 20.7 Å². The Morgan fingerprint density at radius 1 is 0.341 bits per heavy atom. The molecule has 4 aliphatic heterocycles. The monoisotopic (exact) mass is 596 g/mol. The van der Waals surface area contributed by atoms with E-state index in [0.717, 1.165) is 0 Å². The van der Waals surface area contributed by atoms with E-state index in [1.54, 1.807) is 43.0 Å². The molecule has 0 radical (unpaired) electrons. The van der Waals surface area contributed by atoms with Crippen LogP contribution >= 0.6 is 0 Å². The van der Waals surface area contributed by atoms with E-state index in [9.17, 15) is 0 Å². The van der Waals surface area contributed by atoms with Crippen LogP contribution in [-0.2, 0) is 0 Å². The van der Waals surface area contributed by atoms with Crippen LogP contribution in [0.25, 0.3) is 55.3 Å². The van der Waals surface area contributed by atoms with Gasteiger partial charge in [0.05, 0.1) is 0 Å². The molecule has 0 unspecified atom stereocenters. The Morgan fingerprint density at radius 2 is 0.750 bits per heavy atom. The second-order valence-corrected chi connectivity index (χ2v) is 22.4. The van der Waals surface area contributed by atoms with E-state index in [4.69, 9.17) is 0 Å². The Labute approximate surface area is 262 Å². The molecule has 10 rings (SSSR count). The van der Waals surface area contributed by atoms with Crippen molar-refractivity contribution in [2.24, 2.45) is 0 Å². The number of benzene rings is 6. The van der Waals surface area contributed by atoms with Crippen molar-refractivity contribution in [3.8, 4) is 44.5 Å². The molecule has 0 nitrogen and oxygen atoms in total. The van der Waals surface area contributed by atoms with Crippen molar-refractivity contribution in [1.82, 2.24) is 0 Å². The predicted octanol–water partition coefficient (Wildman–Crippen LogP) is 8.85. The molecule has 2 heteroatoms. The second kappa shape index (κ2) is 9.26. The van der Waals surface area contributed by atoms with Gasteiger partial charge in [-0.05, 0) is 100 Å². The fraction of sp³-hybridized carbons (Fsp3) is 0.190. The fourth-order valence-electron chi connectivity index (χ4n) is 10.0. The standard InChI is InChI=1S/C42H36Si2/c1-3-11-29(12-4-1)31-15-17-35-39(27-31)43(23-7-8-24-43)37-21-19-34-33(41(35)37)20-22-38-42(34)36-18-16-32(30-13-5-2-6-14-30)28-40(36)44(38)25-9-10-26-44/h1-6,11-22,27-28H,7-10,23-26H2. The van der Waals surface area contributed by atoms with Gasteiger partial charge in [0.2, 0.25) is 0 Å². The Bertz CT molecular complexity index is 1960. The van der Waals surface area contributed by atoms with Crippen molar-refractivity contribution < 1.29 is 0 Å². The molecular formula is C42H36Si2. The highest BCUT2D eigenvalue weighted by Gasteiger charge is 2.50. The second-order valence-electron chi connectivity index (χ2n) is 13.9. The number of hydrogen-bond donors (Lipinski definition) is 0. The molecular weight excluding hydrogens is 561 g/mol. The lowest BCUT2D eigenvalue weighted by Gasteiger charge is -2.25. The quantitative estimate of drug-likeness (QED) is 0.175. The van der Waals surface area contributed by atoms with E-state index in [-0.39, 0.29) is 0 Å². The first-order chi connectivity index (χ1) is 21.8. The first kappa shape index (κ1) is 25.4. The van der Waals surface area contributed by atoms with Crippen molar-refractivity contribution in [3.05, 3.63) is 121 Å². The maximum atomic E-state index is 2.62. The van der Waals surface area contributed by atoms with Crippen LogP contribution in [0.3, 0.4) is 0 Å². The lowest BCUT2D eigenvalue weighted by molar-refractivity contribution is 0.935. The zero-order chi connectivity index (χ0) is 28.9. The summed E-state index contributed by atoms with van der Waals surface area (Å²) in [6.45, 7) is 0. The topological polar surface area (TPSA) is 0 Å². The van der Waals surface area contributed by atoms with Gasteiger partial charge in [-0.3, -0.25) is 0 Å². The van der Waals surface area contributed by atoms with Gasteiger partial charge in [-0.2, -0.15) is 0 Å². The van der Waals surface area contributed by atoms with E-state index >= 15 is 0 Å². The molecule has 6 aromatic carbocycles. The summed E-state index contributed by atoms with van der Waals surface area (Å²) >= 11 is 0. The SMILES string of the molecule is c1ccc(-c2ccc3c(c2)[Si]2(CCCC2)c2ccc4c5c(ccc4c2-3)[Si]2(CCCC2)c2cc(-c3ccccc3)ccc2-5)cc1. The van der Waals surface area contributed by atoms with Gasteiger partial charge < -0.3 is 0 Å². The first-order valence-corrected chi connectivity index (χ1v) is 21.6. The Hall–Kier alpha value is -3.99. The Balaban J connectivity index is 1.22. The molecule has 0 bridgehead atoms. The average molecular weight is 597 g/mol. The van der Waals surface area contributed by atoms with E-state index in [1.807, 2.05) is 0 Å². The summed E-state index contributed by atoms with van der Waals surface area (Å²) in [5.74, 6) is 0. The molecule has 0 atom stereocenters. The summed E-state index contributed by atoms with van der Waals surface area (Å²) < 4.78 is 0. The molecule has 44 heavy (non-hydrogen) atoms. The molecule has 0 saturated carbocycles. The van der Waals surface area contributed by atoms with Gasteiger partial charge in [-0.1, -0.05) is 147 Å². The number of fused-ring (bicyclic) bond motifs is 13. The normalized spacial score (nSPS) is 18.1. The molecule has 0 aliphatic carbocycles. The largest absolute Gasteiger partial charge is 0.119 e. The first-order valence-electron chi connectivity index (χ1n) is 16.8. The minimum absolute atomic E-state index is 1.34. The summed E-state index contributed by atoms with van der Waals surface area (Å²) in [6.07, 6.45) is 5.53. The third kappa shape index (κ3) is 3.28. The van der Waals surface area contributed by atoms with Crippen LogP contribution in [0.2, 0.25) is 24.2 Å². The van der Waals surface area contributed by atoms with Crippen molar-refractivity contribution in [2.75, 3.05) is 0 Å². The van der Waals surface area contributed by atoms with Crippen molar-refractivity contribution in [1.29, 1.82) is 0 Å². The van der Waals surface area contributed by atoms with Gasteiger partial charge >= 0.3 is 0 Å². The van der Waals surface area contributed by atoms with Crippen molar-refractivity contribution >= 4 is 47.7 Å². The summed E-state index contributed by atoms with van der Waals surface area (Å²) in [5, 5.41) is 9.91. The smallest absolute Gasteiger partial charge is 0.0622 e. The van der Waals surface area contributed by atoms with E-state index in [2.05, 4.69) is 121 Å². The van der Waals surface area contributed by atoms with Gasteiger partial charge in [0.15, 0.2) is 0 Å². The third-order valence-electron chi connectivity index (χ3n) is 12.0. The van der Waals surface area contributed by atoms with Gasteiger partial charge in [0, 0.05) is 0 Å². The highest BCUT2D eigenvalue weighted by atomic mass is 28.3. The van der Waals surface area contributed by atoms with Gasteiger partial charge in [0.1, 0.15) is 16.1 Å². The fourth-order valence-corrected chi connectivity index (χ4v) is 21.3.